The Balaban J connectivity index is 1.73. The van der Waals surface area contributed by atoms with E-state index in [0.29, 0.717) is 12.0 Å². The Morgan fingerprint density at radius 1 is 1.11 bits per heavy atom. The SMILES string of the molecule is CC(=O)O[C@H]1[C@H]2C(=C[C@H]3[C@@H](O)C(C)=C(C)[C@H]4[C@H](Cc5ccccc5)NC(=O)[C@]314)C[C@H](C)[C@@](O)(C(C)=O)[C@@H]2O. The Morgan fingerprint density at radius 2 is 1.76 bits per heavy atom. The number of amides is 1. The van der Waals surface area contributed by atoms with E-state index in [1.54, 1.807) is 6.92 Å². The molecule has 1 heterocycles. The molecule has 204 valence electrons. The molecule has 2 fully saturated rings. The highest BCUT2D eigenvalue weighted by Gasteiger charge is 2.73. The third kappa shape index (κ3) is 3.50. The van der Waals surface area contributed by atoms with Gasteiger partial charge in [0.05, 0.1) is 6.10 Å². The van der Waals surface area contributed by atoms with E-state index >= 15 is 0 Å². The number of aliphatic hydroxyl groups excluding tert-OH is 2. The van der Waals surface area contributed by atoms with Crippen LogP contribution in [-0.2, 0) is 25.5 Å². The van der Waals surface area contributed by atoms with Crippen LogP contribution in [0.15, 0.2) is 53.1 Å². The number of hydrogen-bond acceptors (Lipinski definition) is 7. The van der Waals surface area contributed by atoms with Crippen LogP contribution in [0.2, 0.25) is 0 Å². The van der Waals surface area contributed by atoms with Crippen LogP contribution in [0.4, 0.5) is 0 Å². The van der Waals surface area contributed by atoms with E-state index in [4.69, 9.17) is 4.74 Å². The molecule has 1 aromatic rings. The van der Waals surface area contributed by atoms with E-state index in [-0.39, 0.29) is 18.4 Å². The molecule has 8 heteroatoms. The van der Waals surface area contributed by atoms with Crippen molar-refractivity contribution in [2.45, 2.75) is 77.4 Å². The number of ketones is 1. The zero-order valence-corrected chi connectivity index (χ0v) is 22.5. The van der Waals surface area contributed by atoms with E-state index in [9.17, 15) is 29.7 Å². The summed E-state index contributed by atoms with van der Waals surface area (Å²) in [5.74, 6) is -4.35. The summed E-state index contributed by atoms with van der Waals surface area (Å²) < 4.78 is 5.96. The van der Waals surface area contributed by atoms with E-state index in [1.165, 1.54) is 13.8 Å². The van der Waals surface area contributed by atoms with Gasteiger partial charge < -0.3 is 25.4 Å². The van der Waals surface area contributed by atoms with E-state index in [2.05, 4.69) is 5.32 Å². The van der Waals surface area contributed by atoms with Crippen molar-refractivity contribution in [3.63, 3.8) is 0 Å². The fourth-order valence-corrected chi connectivity index (χ4v) is 8.03. The summed E-state index contributed by atoms with van der Waals surface area (Å²) in [6, 6.07) is 9.41. The number of hydrogen-bond donors (Lipinski definition) is 4. The lowest BCUT2D eigenvalue weighted by molar-refractivity contribution is -0.204. The molecule has 1 amide bonds. The Bertz CT molecular complexity index is 1240. The van der Waals surface area contributed by atoms with E-state index in [1.807, 2.05) is 50.3 Å². The molecule has 1 aliphatic heterocycles. The van der Waals surface area contributed by atoms with Crippen molar-refractivity contribution in [2.75, 3.05) is 0 Å². The highest BCUT2D eigenvalue weighted by molar-refractivity contribution is 5.90. The number of benzene rings is 1. The first kappa shape index (κ1) is 26.8. The summed E-state index contributed by atoms with van der Waals surface area (Å²) in [5.41, 5.74) is -0.180. The van der Waals surface area contributed by atoms with Crippen LogP contribution in [0.1, 0.15) is 46.6 Å². The molecule has 0 bridgehead atoms. The first-order valence-corrected chi connectivity index (χ1v) is 13.4. The van der Waals surface area contributed by atoms with Crippen molar-refractivity contribution < 1.29 is 34.4 Å². The van der Waals surface area contributed by atoms with Crippen LogP contribution in [0, 0.1) is 29.1 Å². The largest absolute Gasteiger partial charge is 0.461 e. The summed E-state index contributed by atoms with van der Waals surface area (Å²) in [5, 5.41) is 37.8. The van der Waals surface area contributed by atoms with Crippen LogP contribution in [0.5, 0.6) is 0 Å². The fourth-order valence-electron chi connectivity index (χ4n) is 8.03. The highest BCUT2D eigenvalue weighted by Crippen LogP contribution is 2.63. The molecule has 4 N–H and O–H groups in total. The minimum Gasteiger partial charge on any atom is -0.461 e. The van der Waals surface area contributed by atoms with Crippen molar-refractivity contribution in [1.82, 2.24) is 5.32 Å². The molecule has 5 rings (SSSR count). The topological polar surface area (TPSA) is 133 Å². The standard InChI is InChI=1S/C30H37NO7/c1-14-11-20-13-21-25(34)16(3)15(2)24-22(12-19-9-7-6-8-10-19)31-28(36)29(21,24)27(38-18(5)33)23(20)26(35)30(14,37)17(4)32/h6-10,13-14,21-27,34-35,37H,11-12H2,1-5H3,(H,31,36)/t14-,21-,22-,23-,24-,25-,26+,27-,29-,30+/m0/s1. The summed E-state index contributed by atoms with van der Waals surface area (Å²) in [6.07, 6.45) is -1.15. The van der Waals surface area contributed by atoms with Crippen LogP contribution >= 0.6 is 0 Å². The van der Waals surface area contributed by atoms with Gasteiger partial charge >= 0.3 is 5.97 Å². The van der Waals surface area contributed by atoms with Crippen molar-refractivity contribution >= 4 is 17.7 Å². The molecule has 1 saturated heterocycles. The van der Waals surface area contributed by atoms with Gasteiger partial charge in [0, 0.05) is 30.7 Å². The number of fused-ring (bicyclic) bond motifs is 1. The number of rotatable bonds is 4. The number of esters is 1. The average Bonchev–Trinajstić information content (AvgIpc) is 3.14. The second-order valence-corrected chi connectivity index (χ2v) is 11.7. The molecule has 0 radical (unpaired) electrons. The highest BCUT2D eigenvalue weighted by atomic mass is 16.5. The normalized spacial score (nSPS) is 41.9. The molecule has 0 unspecified atom stereocenters. The zero-order valence-electron chi connectivity index (χ0n) is 22.5. The smallest absolute Gasteiger partial charge is 0.302 e. The van der Waals surface area contributed by atoms with Crippen LogP contribution in [-0.4, -0.2) is 62.9 Å². The second-order valence-electron chi connectivity index (χ2n) is 11.7. The first-order chi connectivity index (χ1) is 17.9. The Hall–Kier alpha value is -2.81. The minimum atomic E-state index is -2.06. The zero-order chi connectivity index (χ0) is 27.7. The molecular formula is C30H37NO7. The molecule has 4 aliphatic rings. The Morgan fingerprint density at radius 3 is 2.37 bits per heavy atom. The van der Waals surface area contributed by atoms with Gasteiger partial charge in [-0.1, -0.05) is 54.5 Å². The number of carbonyl (C=O) groups excluding carboxylic acids is 3. The third-order valence-electron chi connectivity index (χ3n) is 9.91. The molecule has 3 aliphatic carbocycles. The number of aliphatic hydroxyl groups is 3. The Labute approximate surface area is 222 Å². The molecule has 38 heavy (non-hydrogen) atoms. The number of nitrogens with one attached hydrogen (secondary N) is 1. The van der Waals surface area contributed by atoms with Crippen molar-refractivity contribution in [3.05, 3.63) is 58.7 Å². The van der Waals surface area contributed by atoms with Crippen LogP contribution in [0.25, 0.3) is 0 Å². The lowest BCUT2D eigenvalue weighted by Gasteiger charge is -2.58. The summed E-state index contributed by atoms with van der Waals surface area (Å²) in [4.78, 5) is 39.4. The van der Waals surface area contributed by atoms with Crippen LogP contribution in [0.3, 0.4) is 0 Å². The predicted octanol–water partition coefficient (Wildman–Crippen LogP) is 1.87. The lowest BCUT2D eigenvalue weighted by Crippen LogP contribution is -2.69. The van der Waals surface area contributed by atoms with Gasteiger partial charge in [0.25, 0.3) is 0 Å². The summed E-state index contributed by atoms with van der Waals surface area (Å²) in [6.45, 7) is 7.94. The maximum atomic E-state index is 14.2. The molecule has 8 nitrogen and oxygen atoms in total. The molecular weight excluding hydrogens is 486 g/mol. The van der Waals surface area contributed by atoms with Gasteiger partial charge in [-0.2, -0.15) is 0 Å². The molecule has 10 atom stereocenters. The van der Waals surface area contributed by atoms with E-state index in [0.717, 1.165) is 16.7 Å². The van der Waals surface area contributed by atoms with Gasteiger partial charge in [0.2, 0.25) is 5.91 Å². The number of carbonyl (C=O) groups is 3. The minimum absolute atomic E-state index is 0.260. The van der Waals surface area contributed by atoms with Crippen molar-refractivity contribution in [2.24, 2.45) is 29.1 Å². The third-order valence-corrected chi connectivity index (χ3v) is 9.91. The average molecular weight is 524 g/mol. The fraction of sp³-hybridized carbons (Fsp3) is 0.567. The van der Waals surface area contributed by atoms with Gasteiger partial charge in [0.15, 0.2) is 11.4 Å². The van der Waals surface area contributed by atoms with Crippen molar-refractivity contribution in [3.8, 4) is 0 Å². The van der Waals surface area contributed by atoms with Gasteiger partial charge in [-0.3, -0.25) is 14.4 Å². The number of Topliss-reactive ketones (excluding diaryl/α,β-unsaturated/α-hetero) is 1. The molecule has 1 spiro atoms. The lowest BCUT2D eigenvalue weighted by atomic mass is 9.47. The predicted molar refractivity (Wildman–Crippen MR) is 138 cm³/mol. The van der Waals surface area contributed by atoms with E-state index < -0.39 is 64.8 Å². The summed E-state index contributed by atoms with van der Waals surface area (Å²) in [7, 11) is 0. The Kier molecular flexibility index (Phi) is 6.44. The summed E-state index contributed by atoms with van der Waals surface area (Å²) >= 11 is 0. The van der Waals surface area contributed by atoms with Crippen LogP contribution < -0.4 is 5.32 Å². The molecule has 1 aromatic carbocycles. The van der Waals surface area contributed by atoms with Gasteiger partial charge in [0.1, 0.15) is 17.6 Å². The maximum Gasteiger partial charge on any atom is 0.302 e. The number of ether oxygens (including phenoxy) is 1. The van der Waals surface area contributed by atoms with Gasteiger partial charge in [-0.15, -0.1) is 0 Å². The quantitative estimate of drug-likeness (QED) is 0.350. The van der Waals surface area contributed by atoms with Gasteiger partial charge in [-0.25, -0.2) is 0 Å². The van der Waals surface area contributed by atoms with Gasteiger partial charge in [-0.05, 0) is 50.7 Å². The first-order valence-electron chi connectivity index (χ1n) is 13.4. The van der Waals surface area contributed by atoms with Crippen molar-refractivity contribution in [1.29, 1.82) is 0 Å². The molecule has 0 aromatic heterocycles. The second kappa shape index (κ2) is 9.14. The monoisotopic (exact) mass is 523 g/mol. The molecule has 1 saturated carbocycles. The maximum absolute atomic E-state index is 14.2.